The number of rotatable bonds is 13. The van der Waals surface area contributed by atoms with E-state index >= 15 is 0 Å². The highest BCUT2D eigenvalue weighted by molar-refractivity contribution is 7.99. The van der Waals surface area contributed by atoms with Gasteiger partial charge in [0.15, 0.2) is 0 Å². The number of hydrogen-bond donors (Lipinski definition) is 1. The Morgan fingerprint density at radius 2 is 1.83 bits per heavy atom. The molecule has 0 aliphatic heterocycles. The lowest BCUT2D eigenvalue weighted by Crippen LogP contribution is -2.16. The lowest BCUT2D eigenvalue weighted by Gasteiger charge is -2.23. The van der Waals surface area contributed by atoms with E-state index in [-0.39, 0.29) is 17.1 Å². The summed E-state index contributed by atoms with van der Waals surface area (Å²) >= 11 is 1.87. The fraction of sp³-hybridized carbons (Fsp3) is 0.333. The second-order valence-corrected chi connectivity index (χ2v) is 13.3. The number of aryl methyl sites for hydroxylation is 2. The van der Waals surface area contributed by atoms with Gasteiger partial charge >= 0.3 is 5.97 Å². The zero-order valence-electron chi connectivity index (χ0n) is 24.5. The Bertz CT molecular complexity index is 1620. The fourth-order valence-electron chi connectivity index (χ4n) is 5.54. The van der Waals surface area contributed by atoms with Gasteiger partial charge < -0.3 is 5.11 Å². The summed E-state index contributed by atoms with van der Waals surface area (Å²) in [5.74, 6) is 0.111. The van der Waals surface area contributed by atoms with Crippen LogP contribution in [0.2, 0.25) is 0 Å². The molecule has 3 aromatic carbocycles. The smallest absolute Gasteiger partial charge is 0.303 e. The quantitative estimate of drug-likeness (QED) is 0.160. The van der Waals surface area contributed by atoms with Crippen LogP contribution in [-0.4, -0.2) is 21.8 Å². The molecule has 1 heterocycles. The molecule has 5 nitrogen and oxygen atoms in total. The molecule has 0 radical (unpaired) electrons. The van der Waals surface area contributed by atoms with Crippen molar-refractivity contribution in [1.82, 2.24) is 4.98 Å². The topological polar surface area (TPSA) is 79.6 Å². The van der Waals surface area contributed by atoms with Crippen LogP contribution in [0, 0.1) is 17.2 Å². The minimum Gasteiger partial charge on any atom is -0.481 e. The fourth-order valence-corrected chi connectivity index (χ4v) is 7.11. The summed E-state index contributed by atoms with van der Waals surface area (Å²) in [5.41, 5.74) is 6.63. The summed E-state index contributed by atoms with van der Waals surface area (Å²) in [6, 6.07) is 27.1. The Labute approximate surface area is 252 Å². The van der Waals surface area contributed by atoms with E-state index in [1.807, 2.05) is 49.9 Å². The Hall–Kier alpha value is -3.77. The predicted molar refractivity (Wildman–Crippen MR) is 175 cm³/mol. The molecule has 216 valence electrons. The molecule has 42 heavy (non-hydrogen) atoms. The molecule has 1 aromatic heterocycles. The number of pyridine rings is 1. The molecule has 0 saturated heterocycles. The Morgan fingerprint density at radius 1 is 1.05 bits per heavy atom. The Morgan fingerprint density at radius 3 is 2.60 bits per heavy atom. The SMILES string of the molecule is Cc1ccc2ccc(/C=C/c3cccc(C(CCc4ccccc4C(C)(C)N=O)SCC4(CC(=O)O)CC4)c3)nc2c1. The summed E-state index contributed by atoms with van der Waals surface area (Å²) in [4.78, 5) is 27.9. The van der Waals surface area contributed by atoms with Crippen molar-refractivity contribution in [3.05, 3.63) is 117 Å². The standard InChI is InChI=1S/C36H38N2O3S/c1-25-11-13-28-14-17-30(37-32(28)21-25)16-12-26-7-6-9-29(22-26)33(42-24-36(19-20-36)23-34(39)40)18-15-27-8-4-5-10-31(27)35(2,3)38-41/h4-14,16-17,21-22,33H,15,18-20,23-24H2,1-3H3,(H,39,40)/b16-12+. The van der Waals surface area contributed by atoms with E-state index in [1.54, 1.807) is 0 Å². The number of aromatic nitrogens is 1. The second kappa shape index (κ2) is 12.6. The third-order valence-electron chi connectivity index (χ3n) is 8.25. The third kappa shape index (κ3) is 7.35. The van der Waals surface area contributed by atoms with E-state index in [2.05, 4.69) is 78.8 Å². The summed E-state index contributed by atoms with van der Waals surface area (Å²) in [5, 5.41) is 14.2. The first-order valence-electron chi connectivity index (χ1n) is 14.6. The zero-order valence-corrected chi connectivity index (χ0v) is 25.4. The maximum Gasteiger partial charge on any atom is 0.303 e. The molecule has 6 heteroatoms. The molecule has 1 aliphatic rings. The number of nitroso groups, excluding NO2 is 1. The zero-order chi connectivity index (χ0) is 29.7. The molecule has 0 amide bonds. The summed E-state index contributed by atoms with van der Waals surface area (Å²) in [6.07, 6.45) is 8.02. The minimum absolute atomic E-state index is 0.0896. The number of fused-ring (bicyclic) bond motifs is 1. The Kier molecular flexibility index (Phi) is 8.93. The first-order valence-corrected chi connectivity index (χ1v) is 15.6. The Balaban J connectivity index is 1.38. The first-order chi connectivity index (χ1) is 20.2. The van der Waals surface area contributed by atoms with Crippen LogP contribution in [0.25, 0.3) is 23.1 Å². The highest BCUT2D eigenvalue weighted by Gasteiger charge is 2.44. The van der Waals surface area contributed by atoms with Gasteiger partial charge in [-0.2, -0.15) is 11.8 Å². The maximum atomic E-state index is 11.6. The molecule has 1 N–H and O–H groups in total. The monoisotopic (exact) mass is 578 g/mol. The minimum atomic E-state index is -0.793. The van der Waals surface area contributed by atoms with E-state index in [0.29, 0.717) is 0 Å². The normalized spacial score (nSPS) is 15.1. The number of benzene rings is 3. The van der Waals surface area contributed by atoms with Gasteiger partial charge in [-0.05, 0) is 97.9 Å². The molecule has 1 atom stereocenters. The van der Waals surface area contributed by atoms with Crippen molar-refractivity contribution in [3.63, 3.8) is 0 Å². The summed E-state index contributed by atoms with van der Waals surface area (Å²) in [6.45, 7) is 5.79. The molecule has 4 aromatic rings. The lowest BCUT2D eigenvalue weighted by atomic mass is 9.88. The van der Waals surface area contributed by atoms with E-state index in [9.17, 15) is 14.8 Å². The van der Waals surface area contributed by atoms with Crippen molar-refractivity contribution in [3.8, 4) is 0 Å². The third-order valence-corrected chi connectivity index (χ3v) is 9.94. The number of carbonyl (C=O) groups is 1. The highest BCUT2D eigenvalue weighted by atomic mass is 32.2. The average molecular weight is 579 g/mol. The van der Waals surface area contributed by atoms with E-state index in [0.717, 1.165) is 64.7 Å². The van der Waals surface area contributed by atoms with Crippen molar-refractivity contribution >= 4 is 40.8 Å². The molecule has 0 spiro atoms. The van der Waals surface area contributed by atoms with Crippen LogP contribution in [0.5, 0.6) is 0 Å². The number of carboxylic acid groups (broad SMARTS) is 1. The average Bonchev–Trinajstić information content (AvgIpc) is 3.74. The molecule has 1 saturated carbocycles. The summed E-state index contributed by atoms with van der Waals surface area (Å²) in [7, 11) is 0. The number of nitrogens with zero attached hydrogens (tertiary/aromatic N) is 2. The predicted octanol–water partition coefficient (Wildman–Crippen LogP) is 9.38. The van der Waals surface area contributed by atoms with Crippen molar-refractivity contribution in [2.24, 2.45) is 10.6 Å². The van der Waals surface area contributed by atoms with Gasteiger partial charge in [-0.1, -0.05) is 78.0 Å². The van der Waals surface area contributed by atoms with Crippen LogP contribution in [0.1, 0.15) is 78.3 Å². The van der Waals surface area contributed by atoms with Gasteiger partial charge in [0, 0.05) is 16.4 Å². The first kappa shape index (κ1) is 29.7. The van der Waals surface area contributed by atoms with Gasteiger partial charge in [-0.15, -0.1) is 4.91 Å². The molecule has 5 rings (SSSR count). The van der Waals surface area contributed by atoms with E-state index < -0.39 is 11.5 Å². The van der Waals surface area contributed by atoms with Gasteiger partial charge in [0.25, 0.3) is 0 Å². The number of thioether (sulfide) groups is 1. The van der Waals surface area contributed by atoms with Crippen LogP contribution >= 0.6 is 11.8 Å². The van der Waals surface area contributed by atoms with Gasteiger partial charge in [0.05, 0.1) is 17.6 Å². The number of aliphatic carboxylic acids is 1. The lowest BCUT2D eigenvalue weighted by molar-refractivity contribution is -0.138. The van der Waals surface area contributed by atoms with Gasteiger partial charge in [-0.3, -0.25) is 4.79 Å². The highest BCUT2D eigenvalue weighted by Crippen LogP contribution is 2.53. The van der Waals surface area contributed by atoms with Crippen molar-refractivity contribution < 1.29 is 9.90 Å². The molecular formula is C36H38N2O3S. The second-order valence-electron chi connectivity index (χ2n) is 12.2. The van der Waals surface area contributed by atoms with Gasteiger partial charge in [-0.25, -0.2) is 4.98 Å². The van der Waals surface area contributed by atoms with Gasteiger partial charge in [0.1, 0.15) is 5.54 Å². The van der Waals surface area contributed by atoms with Crippen LogP contribution in [-0.2, 0) is 16.8 Å². The van der Waals surface area contributed by atoms with Gasteiger partial charge in [0.2, 0.25) is 0 Å². The van der Waals surface area contributed by atoms with E-state index in [4.69, 9.17) is 4.98 Å². The van der Waals surface area contributed by atoms with E-state index in [1.165, 1.54) is 11.1 Å². The maximum absolute atomic E-state index is 11.6. The van der Waals surface area contributed by atoms with Crippen LogP contribution in [0.3, 0.4) is 0 Å². The number of carboxylic acids is 1. The van der Waals surface area contributed by atoms with Crippen molar-refractivity contribution in [2.45, 2.75) is 63.7 Å². The van der Waals surface area contributed by atoms with Crippen molar-refractivity contribution in [2.75, 3.05) is 5.75 Å². The largest absolute Gasteiger partial charge is 0.481 e. The molecular weight excluding hydrogens is 540 g/mol. The molecule has 1 unspecified atom stereocenters. The van der Waals surface area contributed by atoms with Crippen LogP contribution < -0.4 is 0 Å². The van der Waals surface area contributed by atoms with Crippen LogP contribution in [0.15, 0.2) is 84.0 Å². The molecule has 0 bridgehead atoms. The van der Waals surface area contributed by atoms with Crippen molar-refractivity contribution in [1.29, 1.82) is 0 Å². The number of hydrogen-bond acceptors (Lipinski definition) is 5. The summed E-state index contributed by atoms with van der Waals surface area (Å²) < 4.78 is 0. The van der Waals surface area contributed by atoms with Crippen LogP contribution in [0.4, 0.5) is 0 Å². The molecule has 1 aliphatic carbocycles. The molecule has 1 fully saturated rings.